The van der Waals surface area contributed by atoms with E-state index in [0.717, 1.165) is 4.47 Å². The molecule has 2 aromatic rings. The molecule has 1 unspecified atom stereocenters. The molecule has 7 nitrogen and oxygen atoms in total. The quantitative estimate of drug-likeness (QED) is 0.920. The van der Waals surface area contributed by atoms with Gasteiger partial charge in [0.2, 0.25) is 5.82 Å². The third-order valence-electron chi connectivity index (χ3n) is 2.35. The fourth-order valence-corrected chi connectivity index (χ4v) is 1.97. The first kappa shape index (κ1) is 12.6. The minimum atomic E-state index is -0.899. The molecule has 0 aliphatic rings. The number of hydrogen-bond donors (Lipinski definition) is 1. The second-order valence-corrected chi connectivity index (χ2v) is 4.58. The van der Waals surface area contributed by atoms with Gasteiger partial charge in [0.05, 0.1) is 12.5 Å². The topological polar surface area (TPSA) is 93.8 Å². The lowest BCUT2D eigenvalue weighted by Crippen LogP contribution is -2.13. The molecule has 8 heteroatoms. The lowest BCUT2D eigenvalue weighted by Gasteiger charge is -2.11. The highest BCUT2D eigenvalue weighted by Crippen LogP contribution is 2.25. The minimum Gasteiger partial charge on any atom is -0.481 e. The lowest BCUT2D eigenvalue weighted by molar-refractivity contribution is -0.137. The summed E-state index contributed by atoms with van der Waals surface area (Å²) in [7, 11) is 0. The number of carboxylic acids is 1. The molecular formula is C10H10BrN5O2. The molecule has 0 amide bonds. The van der Waals surface area contributed by atoms with Crippen molar-refractivity contribution in [1.29, 1.82) is 0 Å². The molecule has 2 aromatic heterocycles. The monoisotopic (exact) mass is 311 g/mol. The number of nitrogens with zero attached hydrogens (tertiary/aromatic N) is 5. The van der Waals surface area contributed by atoms with Gasteiger partial charge in [-0.3, -0.25) is 9.78 Å². The number of halogens is 1. The van der Waals surface area contributed by atoms with Crippen LogP contribution in [0.25, 0.3) is 11.5 Å². The molecule has 94 valence electrons. The van der Waals surface area contributed by atoms with Gasteiger partial charge < -0.3 is 5.11 Å². The molecule has 0 radical (unpaired) electrons. The molecule has 1 atom stereocenters. The molecule has 0 saturated heterocycles. The van der Waals surface area contributed by atoms with E-state index < -0.39 is 5.97 Å². The zero-order chi connectivity index (χ0) is 13.1. The number of aliphatic carboxylic acids is 1. The fourth-order valence-electron chi connectivity index (χ4n) is 1.54. The van der Waals surface area contributed by atoms with Crippen molar-refractivity contribution in [3.05, 3.63) is 22.8 Å². The largest absolute Gasteiger partial charge is 0.481 e. The average Bonchev–Trinajstić information content (AvgIpc) is 2.77. The van der Waals surface area contributed by atoms with Crippen LogP contribution in [0.5, 0.6) is 0 Å². The number of hydrogen-bond acceptors (Lipinski definition) is 5. The van der Waals surface area contributed by atoms with Crippen molar-refractivity contribution in [2.24, 2.45) is 0 Å². The molecule has 1 N–H and O–H groups in total. The molecule has 0 aromatic carbocycles. The second-order valence-electron chi connectivity index (χ2n) is 3.73. The number of carboxylic acid groups (broad SMARTS) is 1. The standard InChI is InChI=1S/C10H10BrN5O2/c1-6(5-8(17)18)16-10(13-14-15-16)9-7(11)3-2-4-12-9/h2-4,6H,5H2,1H3,(H,17,18). The maximum Gasteiger partial charge on any atom is 0.305 e. The van der Waals surface area contributed by atoms with Gasteiger partial charge in [-0.25, -0.2) is 4.68 Å². The van der Waals surface area contributed by atoms with Crippen LogP contribution >= 0.6 is 15.9 Å². The predicted molar refractivity (Wildman–Crippen MR) is 65.7 cm³/mol. The number of aromatic nitrogens is 5. The van der Waals surface area contributed by atoms with Crippen molar-refractivity contribution in [3.8, 4) is 11.5 Å². The van der Waals surface area contributed by atoms with E-state index in [-0.39, 0.29) is 12.5 Å². The van der Waals surface area contributed by atoms with E-state index in [1.165, 1.54) is 4.68 Å². The van der Waals surface area contributed by atoms with Gasteiger partial charge in [0.25, 0.3) is 0 Å². The first-order valence-corrected chi connectivity index (χ1v) is 5.99. The molecule has 0 bridgehead atoms. The Balaban J connectivity index is 2.39. The van der Waals surface area contributed by atoms with Crippen LogP contribution in [0.1, 0.15) is 19.4 Å². The molecule has 2 rings (SSSR count). The number of pyridine rings is 1. The molecule has 0 spiro atoms. The number of carbonyl (C=O) groups is 1. The third-order valence-corrected chi connectivity index (χ3v) is 2.99. The Kier molecular flexibility index (Phi) is 3.66. The molecule has 0 fully saturated rings. The predicted octanol–water partition coefficient (Wildman–Crippen LogP) is 1.53. The Labute approximate surface area is 111 Å². The Morgan fingerprint density at radius 3 is 3.06 bits per heavy atom. The van der Waals surface area contributed by atoms with Crippen molar-refractivity contribution in [2.45, 2.75) is 19.4 Å². The maximum absolute atomic E-state index is 10.7. The molecule has 0 aliphatic carbocycles. The van der Waals surface area contributed by atoms with Crippen LogP contribution in [0, 0.1) is 0 Å². The molecule has 0 saturated carbocycles. The SMILES string of the molecule is CC(CC(=O)O)n1nnnc1-c1ncccc1Br. The van der Waals surface area contributed by atoms with Gasteiger partial charge in [-0.05, 0) is 45.4 Å². The van der Waals surface area contributed by atoms with Crippen LogP contribution < -0.4 is 0 Å². The Morgan fingerprint density at radius 2 is 2.39 bits per heavy atom. The maximum atomic E-state index is 10.7. The van der Waals surface area contributed by atoms with Crippen LogP contribution in [0.4, 0.5) is 0 Å². The first-order valence-electron chi connectivity index (χ1n) is 5.20. The van der Waals surface area contributed by atoms with Gasteiger partial charge in [0.1, 0.15) is 5.69 Å². The summed E-state index contributed by atoms with van der Waals surface area (Å²) in [4.78, 5) is 14.9. The Bertz CT molecular complexity index is 571. The molecule has 0 aliphatic heterocycles. The van der Waals surface area contributed by atoms with Gasteiger partial charge in [0.15, 0.2) is 0 Å². The third kappa shape index (κ3) is 2.53. The van der Waals surface area contributed by atoms with E-state index in [4.69, 9.17) is 5.11 Å². The van der Waals surface area contributed by atoms with E-state index in [1.54, 1.807) is 19.2 Å². The summed E-state index contributed by atoms with van der Waals surface area (Å²) >= 11 is 3.36. The summed E-state index contributed by atoms with van der Waals surface area (Å²) in [6, 6.07) is 3.26. The van der Waals surface area contributed by atoms with Crippen molar-refractivity contribution >= 4 is 21.9 Å². The van der Waals surface area contributed by atoms with E-state index in [9.17, 15) is 4.79 Å². The second kappa shape index (κ2) is 5.21. The lowest BCUT2D eigenvalue weighted by atomic mass is 10.2. The summed E-state index contributed by atoms with van der Waals surface area (Å²) in [5, 5.41) is 20.1. The van der Waals surface area contributed by atoms with Gasteiger partial charge >= 0.3 is 5.97 Å². The van der Waals surface area contributed by atoms with Crippen molar-refractivity contribution in [2.75, 3.05) is 0 Å². The van der Waals surface area contributed by atoms with Crippen LogP contribution in [0.3, 0.4) is 0 Å². The van der Waals surface area contributed by atoms with Crippen molar-refractivity contribution in [3.63, 3.8) is 0 Å². The zero-order valence-corrected chi connectivity index (χ0v) is 11.1. The van der Waals surface area contributed by atoms with Crippen LogP contribution in [-0.4, -0.2) is 36.3 Å². The van der Waals surface area contributed by atoms with Gasteiger partial charge in [-0.2, -0.15) is 0 Å². The van der Waals surface area contributed by atoms with E-state index in [2.05, 4.69) is 36.4 Å². The van der Waals surface area contributed by atoms with Gasteiger partial charge in [-0.15, -0.1) is 5.10 Å². The van der Waals surface area contributed by atoms with Crippen molar-refractivity contribution < 1.29 is 9.90 Å². The highest BCUT2D eigenvalue weighted by Gasteiger charge is 2.19. The smallest absolute Gasteiger partial charge is 0.305 e. The summed E-state index contributed by atoms with van der Waals surface area (Å²) in [6.07, 6.45) is 1.57. The Morgan fingerprint density at radius 1 is 1.61 bits per heavy atom. The van der Waals surface area contributed by atoms with E-state index in [0.29, 0.717) is 11.5 Å². The van der Waals surface area contributed by atoms with Crippen LogP contribution in [0.2, 0.25) is 0 Å². The van der Waals surface area contributed by atoms with E-state index in [1.807, 2.05) is 6.07 Å². The zero-order valence-electron chi connectivity index (χ0n) is 9.49. The average molecular weight is 312 g/mol. The summed E-state index contributed by atoms with van der Waals surface area (Å²) in [5.74, 6) is -0.458. The molecule has 2 heterocycles. The molecule has 18 heavy (non-hydrogen) atoms. The number of rotatable bonds is 4. The minimum absolute atomic E-state index is 0.0531. The fraction of sp³-hybridized carbons (Fsp3) is 0.300. The first-order chi connectivity index (χ1) is 8.59. The highest BCUT2D eigenvalue weighted by molar-refractivity contribution is 9.10. The Hall–Kier alpha value is -1.83. The summed E-state index contributed by atoms with van der Waals surface area (Å²) < 4.78 is 2.21. The van der Waals surface area contributed by atoms with Gasteiger partial charge in [0, 0.05) is 10.7 Å². The highest BCUT2D eigenvalue weighted by atomic mass is 79.9. The normalized spacial score (nSPS) is 12.3. The van der Waals surface area contributed by atoms with Gasteiger partial charge in [-0.1, -0.05) is 0 Å². The summed E-state index contributed by atoms with van der Waals surface area (Å²) in [6.45, 7) is 1.74. The van der Waals surface area contributed by atoms with Crippen molar-refractivity contribution in [1.82, 2.24) is 25.2 Å². The van der Waals surface area contributed by atoms with E-state index >= 15 is 0 Å². The van der Waals surface area contributed by atoms with Crippen LogP contribution in [0.15, 0.2) is 22.8 Å². The molecular weight excluding hydrogens is 302 g/mol. The number of tetrazole rings is 1. The summed E-state index contributed by atoms with van der Waals surface area (Å²) in [5.41, 5.74) is 0.583. The van der Waals surface area contributed by atoms with Crippen LogP contribution in [-0.2, 0) is 4.79 Å².